The van der Waals surface area contributed by atoms with E-state index in [9.17, 15) is 4.79 Å². The van der Waals surface area contributed by atoms with Gasteiger partial charge in [-0.2, -0.15) is 0 Å². The quantitative estimate of drug-likeness (QED) is 0.747. The molecule has 22 heavy (non-hydrogen) atoms. The van der Waals surface area contributed by atoms with Crippen LogP contribution in [0.2, 0.25) is 0 Å². The normalized spacial score (nSPS) is 10.8. The summed E-state index contributed by atoms with van der Waals surface area (Å²) < 4.78 is 11.3. The molecule has 2 N–H and O–H groups in total. The molecule has 0 saturated heterocycles. The SMILES string of the molecule is CCOc1ccc2c(=O)cc(-c3ccc(C)c(N)c3)oc2c1. The molecule has 2 aromatic carbocycles. The van der Waals surface area contributed by atoms with E-state index in [0.29, 0.717) is 34.8 Å². The third-order valence-electron chi connectivity index (χ3n) is 3.58. The zero-order valence-electron chi connectivity index (χ0n) is 12.6. The second-order valence-electron chi connectivity index (χ2n) is 5.14. The van der Waals surface area contributed by atoms with Crippen LogP contribution in [-0.4, -0.2) is 6.61 Å². The maximum Gasteiger partial charge on any atom is 0.193 e. The molecule has 0 aliphatic rings. The van der Waals surface area contributed by atoms with Crippen LogP contribution in [0.3, 0.4) is 0 Å². The van der Waals surface area contributed by atoms with Gasteiger partial charge in [-0.3, -0.25) is 4.79 Å². The molecule has 3 rings (SSSR count). The molecule has 0 fully saturated rings. The van der Waals surface area contributed by atoms with Crippen molar-refractivity contribution < 1.29 is 9.15 Å². The summed E-state index contributed by atoms with van der Waals surface area (Å²) in [7, 11) is 0. The predicted molar refractivity (Wildman–Crippen MR) is 88.2 cm³/mol. The minimum absolute atomic E-state index is 0.0848. The van der Waals surface area contributed by atoms with Crippen LogP contribution in [-0.2, 0) is 0 Å². The Morgan fingerprint density at radius 2 is 1.95 bits per heavy atom. The van der Waals surface area contributed by atoms with Crippen LogP contribution in [0, 0.1) is 6.92 Å². The molecule has 1 heterocycles. The number of nitrogen functional groups attached to an aromatic ring is 1. The molecule has 1 aromatic heterocycles. The third kappa shape index (κ3) is 2.55. The smallest absolute Gasteiger partial charge is 0.193 e. The lowest BCUT2D eigenvalue weighted by Crippen LogP contribution is -2.01. The lowest BCUT2D eigenvalue weighted by atomic mass is 10.1. The molecular weight excluding hydrogens is 278 g/mol. The van der Waals surface area contributed by atoms with Gasteiger partial charge >= 0.3 is 0 Å². The maximum atomic E-state index is 12.3. The molecular formula is C18H17NO3. The van der Waals surface area contributed by atoms with E-state index < -0.39 is 0 Å². The highest BCUT2D eigenvalue weighted by Gasteiger charge is 2.09. The van der Waals surface area contributed by atoms with Crippen LogP contribution in [0.4, 0.5) is 5.69 Å². The molecule has 0 aliphatic heterocycles. The van der Waals surface area contributed by atoms with Gasteiger partial charge in [0.1, 0.15) is 17.1 Å². The molecule has 0 spiro atoms. The van der Waals surface area contributed by atoms with E-state index in [4.69, 9.17) is 14.9 Å². The van der Waals surface area contributed by atoms with Crippen LogP contribution < -0.4 is 15.9 Å². The van der Waals surface area contributed by atoms with Crippen molar-refractivity contribution in [2.24, 2.45) is 0 Å². The number of benzene rings is 2. The molecule has 0 radical (unpaired) electrons. The Kier molecular flexibility index (Phi) is 3.59. The minimum atomic E-state index is -0.0848. The third-order valence-corrected chi connectivity index (χ3v) is 3.58. The Bertz CT molecular complexity index is 896. The highest BCUT2D eigenvalue weighted by Crippen LogP contribution is 2.27. The minimum Gasteiger partial charge on any atom is -0.494 e. The van der Waals surface area contributed by atoms with Gasteiger partial charge in [0.15, 0.2) is 5.43 Å². The molecule has 0 amide bonds. The van der Waals surface area contributed by atoms with Gasteiger partial charge in [-0.1, -0.05) is 12.1 Å². The Morgan fingerprint density at radius 3 is 2.68 bits per heavy atom. The monoisotopic (exact) mass is 295 g/mol. The summed E-state index contributed by atoms with van der Waals surface area (Å²) in [6.07, 6.45) is 0. The molecule has 0 atom stereocenters. The van der Waals surface area contributed by atoms with Crippen molar-refractivity contribution in [1.29, 1.82) is 0 Å². The van der Waals surface area contributed by atoms with Crippen LogP contribution >= 0.6 is 0 Å². The lowest BCUT2D eigenvalue weighted by molar-refractivity contribution is 0.340. The summed E-state index contributed by atoms with van der Waals surface area (Å²) >= 11 is 0. The van der Waals surface area contributed by atoms with E-state index in [1.807, 2.05) is 32.0 Å². The van der Waals surface area contributed by atoms with Gasteiger partial charge in [-0.25, -0.2) is 0 Å². The van der Waals surface area contributed by atoms with Crippen molar-refractivity contribution in [3.8, 4) is 17.1 Å². The van der Waals surface area contributed by atoms with E-state index in [2.05, 4.69) is 0 Å². The van der Waals surface area contributed by atoms with Crippen molar-refractivity contribution >= 4 is 16.7 Å². The average molecular weight is 295 g/mol. The number of aryl methyl sites for hydroxylation is 1. The largest absolute Gasteiger partial charge is 0.494 e. The van der Waals surface area contributed by atoms with Crippen molar-refractivity contribution in [3.63, 3.8) is 0 Å². The van der Waals surface area contributed by atoms with E-state index in [-0.39, 0.29) is 5.43 Å². The van der Waals surface area contributed by atoms with Gasteiger partial charge in [0.05, 0.1) is 12.0 Å². The highest BCUT2D eigenvalue weighted by molar-refractivity contribution is 5.80. The first kappa shape index (κ1) is 14.2. The van der Waals surface area contributed by atoms with E-state index in [0.717, 1.165) is 11.1 Å². The summed E-state index contributed by atoms with van der Waals surface area (Å²) in [6, 6.07) is 12.3. The standard InChI is InChI=1S/C18H17NO3/c1-3-21-13-6-7-14-16(20)10-17(22-18(14)9-13)12-5-4-11(2)15(19)8-12/h4-10H,3,19H2,1-2H3. The van der Waals surface area contributed by atoms with E-state index >= 15 is 0 Å². The predicted octanol–water partition coefficient (Wildman–Crippen LogP) is 3.75. The van der Waals surface area contributed by atoms with Gasteiger partial charge in [0.2, 0.25) is 0 Å². The van der Waals surface area contributed by atoms with Gasteiger partial charge in [0.25, 0.3) is 0 Å². The number of hydrogen-bond donors (Lipinski definition) is 1. The molecule has 112 valence electrons. The number of ether oxygens (including phenoxy) is 1. The zero-order chi connectivity index (χ0) is 15.7. The molecule has 0 bridgehead atoms. The first-order valence-electron chi connectivity index (χ1n) is 7.15. The number of hydrogen-bond acceptors (Lipinski definition) is 4. The first-order valence-corrected chi connectivity index (χ1v) is 7.15. The van der Waals surface area contributed by atoms with Crippen molar-refractivity contribution in [3.05, 3.63) is 58.3 Å². The Hall–Kier alpha value is -2.75. The number of anilines is 1. The maximum absolute atomic E-state index is 12.3. The summed E-state index contributed by atoms with van der Waals surface area (Å²) in [4.78, 5) is 12.3. The highest BCUT2D eigenvalue weighted by atomic mass is 16.5. The lowest BCUT2D eigenvalue weighted by Gasteiger charge is -2.07. The van der Waals surface area contributed by atoms with Crippen molar-refractivity contribution in [2.45, 2.75) is 13.8 Å². The zero-order valence-corrected chi connectivity index (χ0v) is 12.6. The van der Waals surface area contributed by atoms with Gasteiger partial charge < -0.3 is 14.9 Å². The fraction of sp³-hybridized carbons (Fsp3) is 0.167. The van der Waals surface area contributed by atoms with Gasteiger partial charge in [-0.05, 0) is 37.6 Å². The first-order chi connectivity index (χ1) is 10.6. The fourth-order valence-electron chi connectivity index (χ4n) is 2.33. The molecule has 4 nitrogen and oxygen atoms in total. The second kappa shape index (κ2) is 5.56. The Morgan fingerprint density at radius 1 is 1.14 bits per heavy atom. The summed E-state index contributed by atoms with van der Waals surface area (Å²) in [5.41, 5.74) is 8.80. The molecule has 0 saturated carbocycles. The average Bonchev–Trinajstić information content (AvgIpc) is 2.50. The molecule has 4 heteroatoms. The van der Waals surface area contributed by atoms with Crippen LogP contribution in [0.1, 0.15) is 12.5 Å². The molecule has 0 aliphatic carbocycles. The Balaban J connectivity index is 2.17. The topological polar surface area (TPSA) is 65.5 Å². The number of nitrogens with two attached hydrogens (primary N) is 1. The van der Waals surface area contributed by atoms with Crippen LogP contribution in [0.25, 0.3) is 22.3 Å². The van der Waals surface area contributed by atoms with E-state index in [1.54, 1.807) is 18.2 Å². The fourth-order valence-corrected chi connectivity index (χ4v) is 2.33. The van der Waals surface area contributed by atoms with Gasteiger partial charge in [-0.15, -0.1) is 0 Å². The van der Waals surface area contributed by atoms with Crippen molar-refractivity contribution in [2.75, 3.05) is 12.3 Å². The number of rotatable bonds is 3. The second-order valence-corrected chi connectivity index (χ2v) is 5.14. The Labute approximate surface area is 128 Å². The summed E-state index contributed by atoms with van der Waals surface area (Å²) in [5, 5.41) is 0.535. The van der Waals surface area contributed by atoms with Gasteiger partial charge in [0, 0.05) is 23.4 Å². The van der Waals surface area contributed by atoms with Crippen LogP contribution in [0.15, 0.2) is 51.7 Å². The molecule has 0 unspecified atom stereocenters. The van der Waals surface area contributed by atoms with Crippen LogP contribution in [0.5, 0.6) is 5.75 Å². The summed E-state index contributed by atoms with van der Waals surface area (Å²) in [5.74, 6) is 1.18. The summed E-state index contributed by atoms with van der Waals surface area (Å²) in [6.45, 7) is 4.40. The molecule has 3 aromatic rings. The van der Waals surface area contributed by atoms with E-state index in [1.165, 1.54) is 6.07 Å². The number of fused-ring (bicyclic) bond motifs is 1. The van der Waals surface area contributed by atoms with Crippen molar-refractivity contribution in [1.82, 2.24) is 0 Å².